The van der Waals surface area contributed by atoms with Gasteiger partial charge in [-0.25, -0.2) is 14.4 Å². The third kappa shape index (κ3) is 2.08. The van der Waals surface area contributed by atoms with Crippen molar-refractivity contribution in [1.29, 1.82) is 0 Å². The number of nitrogens with two attached hydrogens (primary N) is 1. The van der Waals surface area contributed by atoms with Crippen LogP contribution >= 0.6 is 0 Å². The van der Waals surface area contributed by atoms with Crippen molar-refractivity contribution in [3.63, 3.8) is 0 Å². The number of anilines is 1. The molecule has 0 spiro atoms. The van der Waals surface area contributed by atoms with Crippen molar-refractivity contribution in [2.75, 3.05) is 5.73 Å². The lowest BCUT2D eigenvalue weighted by Gasteiger charge is -2.06. The number of hydrogen-bond donors (Lipinski definition) is 1. The van der Waals surface area contributed by atoms with Crippen molar-refractivity contribution in [3.8, 4) is 11.6 Å². The molecule has 0 aliphatic rings. The lowest BCUT2D eigenvalue weighted by Crippen LogP contribution is -1.95. The monoisotopic (exact) mass is 219 g/mol. The number of ether oxygens (including phenoxy) is 1. The Labute approximate surface area is 91.9 Å². The molecule has 4 nitrogen and oxygen atoms in total. The largest absolute Gasteiger partial charge is 0.434 e. The van der Waals surface area contributed by atoms with Crippen LogP contribution in [-0.2, 0) is 0 Å². The first-order valence-electron chi connectivity index (χ1n) is 4.67. The number of halogens is 1. The number of nitrogen functional groups attached to an aromatic ring is 1. The molecule has 82 valence electrons. The van der Waals surface area contributed by atoms with E-state index < -0.39 is 5.82 Å². The van der Waals surface area contributed by atoms with Gasteiger partial charge in [-0.15, -0.1) is 0 Å². The first kappa shape index (κ1) is 10.4. The second-order valence-electron chi connectivity index (χ2n) is 3.27. The number of aryl methyl sites for hydroxylation is 1. The van der Waals surface area contributed by atoms with Gasteiger partial charge in [-0.2, -0.15) is 0 Å². The van der Waals surface area contributed by atoms with E-state index in [4.69, 9.17) is 10.5 Å². The molecule has 0 aliphatic carbocycles. The summed E-state index contributed by atoms with van der Waals surface area (Å²) in [6, 6.07) is 4.90. The molecule has 2 rings (SSSR count). The van der Waals surface area contributed by atoms with Crippen LogP contribution in [0.3, 0.4) is 0 Å². The van der Waals surface area contributed by atoms with E-state index in [1.807, 2.05) is 0 Å². The van der Waals surface area contributed by atoms with Crippen LogP contribution in [0.4, 0.5) is 10.2 Å². The predicted molar refractivity (Wildman–Crippen MR) is 57.7 cm³/mol. The van der Waals surface area contributed by atoms with E-state index in [-0.39, 0.29) is 17.4 Å². The number of nitrogens with zero attached hydrogens (tertiary/aromatic N) is 2. The van der Waals surface area contributed by atoms with Crippen LogP contribution in [0.1, 0.15) is 5.56 Å². The van der Waals surface area contributed by atoms with E-state index in [9.17, 15) is 4.39 Å². The Kier molecular flexibility index (Phi) is 2.68. The highest BCUT2D eigenvalue weighted by Gasteiger charge is 2.07. The summed E-state index contributed by atoms with van der Waals surface area (Å²) in [6.07, 6.45) is 2.69. The maximum absolute atomic E-state index is 13.6. The summed E-state index contributed by atoms with van der Waals surface area (Å²) in [5.41, 5.74) is 5.89. The van der Waals surface area contributed by atoms with E-state index in [2.05, 4.69) is 9.97 Å². The minimum absolute atomic E-state index is 0.124. The molecule has 2 aromatic rings. The fourth-order valence-corrected chi connectivity index (χ4v) is 1.19. The van der Waals surface area contributed by atoms with Crippen LogP contribution in [-0.4, -0.2) is 9.97 Å². The van der Waals surface area contributed by atoms with Crippen molar-refractivity contribution in [3.05, 3.63) is 42.0 Å². The van der Waals surface area contributed by atoms with Crippen molar-refractivity contribution < 1.29 is 9.13 Å². The first-order valence-corrected chi connectivity index (χ1v) is 4.67. The Morgan fingerprint density at radius 3 is 2.75 bits per heavy atom. The van der Waals surface area contributed by atoms with Gasteiger partial charge < -0.3 is 10.5 Å². The lowest BCUT2D eigenvalue weighted by molar-refractivity contribution is 0.424. The molecule has 0 amide bonds. The highest BCUT2D eigenvalue weighted by molar-refractivity contribution is 5.33. The quantitative estimate of drug-likeness (QED) is 0.841. The zero-order valence-electron chi connectivity index (χ0n) is 8.64. The van der Waals surface area contributed by atoms with E-state index in [0.717, 1.165) is 0 Å². The number of aromatic nitrogens is 2. The number of hydrogen-bond acceptors (Lipinski definition) is 4. The molecule has 0 bridgehead atoms. The molecule has 0 unspecified atom stereocenters. The Balaban J connectivity index is 2.27. The molecule has 5 heteroatoms. The molecule has 1 aromatic carbocycles. The fraction of sp³-hybridized carbons (Fsp3) is 0.0909. The molecule has 0 aliphatic heterocycles. The maximum atomic E-state index is 13.6. The Bertz CT molecular complexity index is 499. The van der Waals surface area contributed by atoms with Crippen LogP contribution in [0.15, 0.2) is 30.6 Å². The summed E-state index contributed by atoms with van der Waals surface area (Å²) in [7, 11) is 0. The highest BCUT2D eigenvalue weighted by atomic mass is 19.1. The standard InChI is InChI=1S/C11H10FN3O/c1-7-3-2-4-8(11(7)12)16-10-6-14-9(13)5-15-10/h2-6H,1H3,(H2,13,14). The smallest absolute Gasteiger partial charge is 0.238 e. The van der Waals surface area contributed by atoms with Crippen molar-refractivity contribution in [2.45, 2.75) is 6.92 Å². The van der Waals surface area contributed by atoms with Gasteiger partial charge >= 0.3 is 0 Å². The van der Waals surface area contributed by atoms with Gasteiger partial charge in [0.2, 0.25) is 5.88 Å². The second-order valence-corrected chi connectivity index (χ2v) is 3.27. The predicted octanol–water partition coefficient (Wildman–Crippen LogP) is 2.30. The molecule has 2 N–H and O–H groups in total. The van der Waals surface area contributed by atoms with Gasteiger partial charge in [0.15, 0.2) is 11.6 Å². The summed E-state index contributed by atoms with van der Waals surface area (Å²) in [4.78, 5) is 7.66. The van der Waals surface area contributed by atoms with Gasteiger partial charge in [0.1, 0.15) is 5.82 Å². The summed E-state index contributed by atoms with van der Waals surface area (Å²) in [5, 5.41) is 0. The van der Waals surface area contributed by atoms with Crippen molar-refractivity contribution in [2.24, 2.45) is 0 Å². The summed E-state index contributed by atoms with van der Waals surface area (Å²) in [5.74, 6) is 0.218. The maximum Gasteiger partial charge on any atom is 0.238 e. The molecule has 0 fully saturated rings. The van der Waals surface area contributed by atoms with Crippen LogP contribution in [0.2, 0.25) is 0 Å². The topological polar surface area (TPSA) is 61.0 Å². The Morgan fingerprint density at radius 2 is 2.06 bits per heavy atom. The van der Waals surface area contributed by atoms with Crippen LogP contribution in [0.5, 0.6) is 11.6 Å². The van der Waals surface area contributed by atoms with E-state index >= 15 is 0 Å². The molecular formula is C11H10FN3O. The summed E-state index contributed by atoms with van der Waals surface area (Å²) < 4.78 is 18.8. The third-order valence-electron chi connectivity index (χ3n) is 2.02. The van der Waals surface area contributed by atoms with Gasteiger partial charge in [0, 0.05) is 0 Å². The minimum atomic E-state index is -0.402. The first-order chi connectivity index (χ1) is 7.66. The Morgan fingerprint density at radius 1 is 1.25 bits per heavy atom. The third-order valence-corrected chi connectivity index (χ3v) is 2.02. The molecular weight excluding hydrogens is 209 g/mol. The van der Waals surface area contributed by atoms with Gasteiger partial charge in [-0.1, -0.05) is 12.1 Å². The summed E-state index contributed by atoms with van der Waals surface area (Å²) >= 11 is 0. The van der Waals surface area contributed by atoms with Crippen LogP contribution in [0, 0.1) is 12.7 Å². The average Bonchev–Trinajstić information content (AvgIpc) is 2.28. The average molecular weight is 219 g/mol. The second kappa shape index (κ2) is 4.14. The highest BCUT2D eigenvalue weighted by Crippen LogP contribution is 2.24. The molecule has 1 heterocycles. The molecule has 0 saturated heterocycles. The van der Waals surface area contributed by atoms with E-state index in [0.29, 0.717) is 5.56 Å². The Hall–Kier alpha value is -2.17. The molecule has 0 atom stereocenters. The van der Waals surface area contributed by atoms with Gasteiger partial charge in [-0.05, 0) is 18.6 Å². The van der Waals surface area contributed by atoms with Gasteiger partial charge in [0.05, 0.1) is 12.4 Å². The van der Waals surface area contributed by atoms with Crippen LogP contribution in [0.25, 0.3) is 0 Å². The lowest BCUT2D eigenvalue weighted by atomic mass is 10.2. The zero-order chi connectivity index (χ0) is 11.5. The number of benzene rings is 1. The SMILES string of the molecule is Cc1cccc(Oc2cnc(N)cn2)c1F. The number of rotatable bonds is 2. The zero-order valence-corrected chi connectivity index (χ0v) is 8.64. The van der Waals surface area contributed by atoms with Gasteiger partial charge in [-0.3, -0.25) is 0 Å². The van der Waals surface area contributed by atoms with Crippen molar-refractivity contribution in [1.82, 2.24) is 9.97 Å². The molecule has 0 saturated carbocycles. The molecule has 0 radical (unpaired) electrons. The molecule has 1 aromatic heterocycles. The van der Waals surface area contributed by atoms with E-state index in [1.54, 1.807) is 19.1 Å². The normalized spacial score (nSPS) is 10.1. The van der Waals surface area contributed by atoms with Crippen LogP contribution < -0.4 is 10.5 Å². The molecule has 16 heavy (non-hydrogen) atoms. The van der Waals surface area contributed by atoms with Gasteiger partial charge in [0.25, 0.3) is 0 Å². The fourth-order valence-electron chi connectivity index (χ4n) is 1.19. The minimum Gasteiger partial charge on any atom is -0.434 e. The summed E-state index contributed by atoms with van der Waals surface area (Å²) in [6.45, 7) is 1.66. The van der Waals surface area contributed by atoms with E-state index in [1.165, 1.54) is 18.5 Å². The van der Waals surface area contributed by atoms with Crippen molar-refractivity contribution >= 4 is 5.82 Å².